The molecule has 0 aliphatic carbocycles. The number of nitrogens with one attached hydrogen (secondary N) is 1. The Labute approximate surface area is 207 Å². The summed E-state index contributed by atoms with van der Waals surface area (Å²) in [6, 6.07) is 8.77. The van der Waals surface area contributed by atoms with E-state index in [1.54, 1.807) is 35.5 Å². The van der Waals surface area contributed by atoms with Crippen molar-refractivity contribution < 1.29 is 22.8 Å². The Morgan fingerprint density at radius 1 is 1.19 bits per heavy atom. The van der Waals surface area contributed by atoms with Gasteiger partial charge in [0.2, 0.25) is 5.91 Å². The highest BCUT2D eigenvalue weighted by Crippen LogP contribution is 2.40. The highest BCUT2D eigenvalue weighted by molar-refractivity contribution is 5.93. The molecule has 2 aliphatic rings. The molecule has 7 nitrogen and oxygen atoms in total. The number of aromatic nitrogens is 1. The maximum Gasteiger partial charge on any atom is 0.417 e. The fourth-order valence-corrected chi connectivity index (χ4v) is 5.36. The summed E-state index contributed by atoms with van der Waals surface area (Å²) in [6.45, 7) is 4.13. The minimum Gasteiger partial charge on any atom is -0.370 e. The van der Waals surface area contributed by atoms with Gasteiger partial charge in [-0.3, -0.25) is 14.6 Å². The van der Waals surface area contributed by atoms with Gasteiger partial charge in [0.05, 0.1) is 28.7 Å². The van der Waals surface area contributed by atoms with Crippen molar-refractivity contribution >= 4 is 17.5 Å². The average molecular weight is 500 g/mol. The van der Waals surface area contributed by atoms with Gasteiger partial charge < -0.3 is 15.1 Å². The Hall–Kier alpha value is -3.61. The molecule has 1 aromatic heterocycles. The SMILES string of the molecule is CCNC(=O)C1CN(c2ccc(C#N)c(C(F)(F)F)c2)CC1C1CCN(C(=O)c2cccnc2)CC1. The molecule has 0 saturated carbocycles. The van der Waals surface area contributed by atoms with Crippen LogP contribution < -0.4 is 10.2 Å². The molecule has 190 valence electrons. The summed E-state index contributed by atoms with van der Waals surface area (Å²) in [7, 11) is 0. The number of carbonyl (C=O) groups is 2. The van der Waals surface area contributed by atoms with Crippen LogP contribution in [0.4, 0.5) is 18.9 Å². The lowest BCUT2D eigenvalue weighted by Crippen LogP contribution is -2.43. The number of likely N-dealkylation sites (tertiary alicyclic amines) is 1. The normalized spacial score (nSPS) is 20.8. The van der Waals surface area contributed by atoms with Crippen LogP contribution in [0.25, 0.3) is 0 Å². The van der Waals surface area contributed by atoms with Gasteiger partial charge in [0.25, 0.3) is 5.91 Å². The number of amides is 2. The van der Waals surface area contributed by atoms with E-state index < -0.39 is 17.3 Å². The van der Waals surface area contributed by atoms with Gasteiger partial charge in [-0.2, -0.15) is 18.4 Å². The molecule has 2 atom stereocenters. The molecular weight excluding hydrogens is 471 g/mol. The summed E-state index contributed by atoms with van der Waals surface area (Å²) in [4.78, 5) is 33.3. The summed E-state index contributed by atoms with van der Waals surface area (Å²) in [5.41, 5.74) is -0.512. The third-order valence-electron chi connectivity index (χ3n) is 7.19. The zero-order valence-corrected chi connectivity index (χ0v) is 20.0. The molecular formula is C26H28F3N5O2. The van der Waals surface area contributed by atoms with E-state index in [1.807, 2.05) is 11.8 Å². The van der Waals surface area contributed by atoms with E-state index in [0.717, 1.165) is 6.07 Å². The maximum atomic E-state index is 13.5. The molecule has 0 radical (unpaired) electrons. The van der Waals surface area contributed by atoms with Gasteiger partial charge in [0, 0.05) is 50.8 Å². The Kier molecular flexibility index (Phi) is 7.48. The van der Waals surface area contributed by atoms with E-state index in [-0.39, 0.29) is 29.6 Å². The van der Waals surface area contributed by atoms with Gasteiger partial charge in [-0.05, 0) is 61.9 Å². The number of nitrogens with zero attached hydrogens (tertiary/aromatic N) is 4. The summed E-state index contributed by atoms with van der Waals surface area (Å²) in [5, 5.41) is 12.0. The number of piperidine rings is 1. The number of alkyl halides is 3. The number of halogens is 3. The molecule has 36 heavy (non-hydrogen) atoms. The summed E-state index contributed by atoms with van der Waals surface area (Å²) in [6.07, 6.45) is -0.0704. The first kappa shape index (κ1) is 25.5. The van der Waals surface area contributed by atoms with Crippen molar-refractivity contribution in [3.8, 4) is 6.07 Å². The Morgan fingerprint density at radius 3 is 2.56 bits per heavy atom. The van der Waals surface area contributed by atoms with E-state index in [9.17, 15) is 22.8 Å². The Bertz CT molecular complexity index is 1140. The first-order valence-electron chi connectivity index (χ1n) is 12.1. The molecule has 2 saturated heterocycles. The van der Waals surface area contributed by atoms with E-state index >= 15 is 0 Å². The molecule has 10 heteroatoms. The number of anilines is 1. The van der Waals surface area contributed by atoms with Crippen molar-refractivity contribution in [3.63, 3.8) is 0 Å². The zero-order chi connectivity index (χ0) is 25.9. The lowest BCUT2D eigenvalue weighted by molar-refractivity contribution is -0.137. The molecule has 1 aromatic carbocycles. The van der Waals surface area contributed by atoms with E-state index in [1.165, 1.54) is 12.1 Å². The number of rotatable bonds is 5. The summed E-state index contributed by atoms with van der Waals surface area (Å²) in [5.74, 6) is -0.464. The number of nitriles is 1. The van der Waals surface area contributed by atoms with Crippen molar-refractivity contribution in [1.82, 2.24) is 15.2 Å². The minimum absolute atomic E-state index is 0.0582. The van der Waals surface area contributed by atoms with Crippen LogP contribution in [0.3, 0.4) is 0 Å². The Balaban J connectivity index is 1.51. The monoisotopic (exact) mass is 499 g/mol. The molecule has 2 aliphatic heterocycles. The highest BCUT2D eigenvalue weighted by atomic mass is 19.4. The van der Waals surface area contributed by atoms with Crippen LogP contribution in [0.2, 0.25) is 0 Å². The molecule has 0 bridgehead atoms. The minimum atomic E-state index is -4.65. The topological polar surface area (TPSA) is 89.3 Å². The fraction of sp³-hybridized carbons (Fsp3) is 0.462. The van der Waals surface area contributed by atoms with Crippen LogP contribution in [0.15, 0.2) is 42.7 Å². The molecule has 2 aromatic rings. The predicted octanol–water partition coefficient (Wildman–Crippen LogP) is 3.71. The second-order valence-electron chi connectivity index (χ2n) is 9.28. The van der Waals surface area contributed by atoms with Crippen molar-refractivity contribution in [3.05, 3.63) is 59.4 Å². The van der Waals surface area contributed by atoms with Gasteiger partial charge in [-0.25, -0.2) is 0 Å². The number of pyridine rings is 1. The number of hydrogen-bond donors (Lipinski definition) is 1. The molecule has 2 amide bonds. The van der Waals surface area contributed by atoms with Crippen molar-refractivity contribution in [2.45, 2.75) is 25.9 Å². The summed E-state index contributed by atoms with van der Waals surface area (Å²) < 4.78 is 40.6. The smallest absolute Gasteiger partial charge is 0.370 e. The van der Waals surface area contributed by atoms with Crippen LogP contribution in [0, 0.1) is 29.1 Å². The van der Waals surface area contributed by atoms with Gasteiger partial charge >= 0.3 is 6.18 Å². The van der Waals surface area contributed by atoms with Crippen LogP contribution in [-0.2, 0) is 11.0 Å². The largest absolute Gasteiger partial charge is 0.417 e. The summed E-state index contributed by atoms with van der Waals surface area (Å²) >= 11 is 0. The van der Waals surface area contributed by atoms with Crippen LogP contribution >= 0.6 is 0 Å². The zero-order valence-electron chi connectivity index (χ0n) is 20.0. The maximum absolute atomic E-state index is 13.5. The third kappa shape index (κ3) is 5.30. The van der Waals surface area contributed by atoms with Crippen molar-refractivity contribution in [2.24, 2.45) is 17.8 Å². The quantitative estimate of drug-likeness (QED) is 0.678. The first-order valence-corrected chi connectivity index (χ1v) is 12.1. The van der Waals surface area contributed by atoms with Gasteiger partial charge in [0.15, 0.2) is 0 Å². The van der Waals surface area contributed by atoms with Gasteiger partial charge in [-0.1, -0.05) is 0 Å². The van der Waals surface area contributed by atoms with Gasteiger partial charge in [-0.15, -0.1) is 0 Å². The van der Waals surface area contributed by atoms with Crippen LogP contribution in [0.5, 0.6) is 0 Å². The lowest BCUT2D eigenvalue weighted by atomic mass is 9.78. The van der Waals surface area contributed by atoms with Gasteiger partial charge in [0.1, 0.15) is 0 Å². The lowest BCUT2D eigenvalue weighted by Gasteiger charge is -2.36. The van der Waals surface area contributed by atoms with Crippen LogP contribution in [0.1, 0.15) is 41.3 Å². The number of benzene rings is 1. The molecule has 0 spiro atoms. The van der Waals surface area contributed by atoms with Crippen molar-refractivity contribution in [2.75, 3.05) is 37.6 Å². The third-order valence-corrected chi connectivity index (χ3v) is 7.19. The second-order valence-corrected chi connectivity index (χ2v) is 9.28. The Morgan fingerprint density at radius 2 is 1.94 bits per heavy atom. The van der Waals surface area contributed by atoms with E-state index in [2.05, 4.69) is 10.3 Å². The van der Waals surface area contributed by atoms with E-state index in [4.69, 9.17) is 5.26 Å². The van der Waals surface area contributed by atoms with Crippen LogP contribution in [-0.4, -0.2) is 54.4 Å². The van der Waals surface area contributed by atoms with E-state index in [0.29, 0.717) is 56.8 Å². The second kappa shape index (κ2) is 10.6. The molecule has 2 unspecified atom stereocenters. The molecule has 1 N–H and O–H groups in total. The number of carbonyl (C=O) groups excluding carboxylic acids is 2. The first-order chi connectivity index (χ1) is 17.2. The molecule has 3 heterocycles. The molecule has 4 rings (SSSR count). The standard InChI is InChI=1S/C26H28F3N5O2/c1-2-32-24(35)22-16-34(20-6-5-18(13-30)23(12-20)26(27,28)29)15-21(22)17-7-10-33(11-8-17)25(36)19-4-3-9-31-14-19/h3-6,9,12,14,17,21-22H,2,7-8,10-11,15-16H2,1H3,(H,32,35). The molecule has 2 fully saturated rings. The average Bonchev–Trinajstić information content (AvgIpc) is 3.34. The fourth-order valence-electron chi connectivity index (χ4n) is 5.36. The highest BCUT2D eigenvalue weighted by Gasteiger charge is 2.43. The number of hydrogen-bond acceptors (Lipinski definition) is 5. The predicted molar refractivity (Wildman–Crippen MR) is 127 cm³/mol. The van der Waals surface area contributed by atoms with Crippen molar-refractivity contribution in [1.29, 1.82) is 5.26 Å².